The average Bonchev–Trinajstić information content (AvgIpc) is 3.40. The van der Waals surface area contributed by atoms with Crippen LogP contribution in [-0.4, -0.2) is 61.7 Å². The Balaban J connectivity index is 1.37. The topological polar surface area (TPSA) is 82.4 Å². The summed E-state index contributed by atoms with van der Waals surface area (Å²) in [6.07, 6.45) is 4.44. The molecular weight excluding hydrogens is 390 g/mol. The second-order valence-electron chi connectivity index (χ2n) is 8.72. The van der Waals surface area contributed by atoms with Crippen molar-refractivity contribution < 1.29 is 0 Å². The van der Waals surface area contributed by atoms with E-state index in [9.17, 15) is 4.79 Å². The van der Waals surface area contributed by atoms with Gasteiger partial charge in [-0.3, -0.25) is 14.7 Å². The summed E-state index contributed by atoms with van der Waals surface area (Å²) in [6, 6.07) is 8.58. The molecule has 5 heterocycles. The summed E-state index contributed by atoms with van der Waals surface area (Å²) in [4.78, 5) is 30.1. The van der Waals surface area contributed by atoms with E-state index < -0.39 is 0 Å². The van der Waals surface area contributed by atoms with Crippen molar-refractivity contribution >= 4 is 22.1 Å². The van der Waals surface area contributed by atoms with Gasteiger partial charge in [0.15, 0.2) is 5.82 Å². The fourth-order valence-electron chi connectivity index (χ4n) is 5.08. The summed E-state index contributed by atoms with van der Waals surface area (Å²) >= 11 is 0. The number of hydrogen-bond donors (Lipinski definition) is 1. The molecule has 1 N–H and O–H groups in total. The lowest BCUT2D eigenvalue weighted by atomic mass is 10.1. The minimum absolute atomic E-state index is 0.135. The third-order valence-corrected chi connectivity index (χ3v) is 6.64. The maximum absolute atomic E-state index is 13.0. The molecule has 8 nitrogen and oxygen atoms in total. The molecule has 0 unspecified atom stereocenters. The van der Waals surface area contributed by atoms with E-state index in [0.717, 1.165) is 42.2 Å². The van der Waals surface area contributed by atoms with E-state index in [1.807, 2.05) is 38.2 Å². The fraction of sp³-hybridized carbons (Fsp3) is 0.391. The summed E-state index contributed by atoms with van der Waals surface area (Å²) in [5, 5.41) is 5.22. The summed E-state index contributed by atoms with van der Waals surface area (Å²) in [5.41, 5.74) is 4.98. The van der Waals surface area contributed by atoms with Crippen LogP contribution in [0.3, 0.4) is 0 Å². The van der Waals surface area contributed by atoms with Gasteiger partial charge in [0, 0.05) is 31.4 Å². The third-order valence-electron chi connectivity index (χ3n) is 6.64. The maximum Gasteiger partial charge on any atom is 0.259 e. The molecule has 31 heavy (non-hydrogen) atoms. The molecule has 158 valence electrons. The van der Waals surface area contributed by atoms with Crippen LogP contribution in [0.15, 0.2) is 35.3 Å². The lowest BCUT2D eigenvalue weighted by Crippen LogP contribution is -2.50. The zero-order valence-corrected chi connectivity index (χ0v) is 17.8. The molecule has 6 rings (SSSR count). The second-order valence-corrected chi connectivity index (χ2v) is 8.72. The number of aromatic amines is 1. The van der Waals surface area contributed by atoms with Gasteiger partial charge in [0.1, 0.15) is 5.69 Å². The van der Waals surface area contributed by atoms with E-state index in [2.05, 4.69) is 30.9 Å². The standard InChI is InChI=1S/C23H25N7O/c1-14-12-30-21(15(2)24-14)11-20(27-30)22-25-19-6-5-16(10-18(19)23(31)26-22)29-9-8-28-7-3-4-17(28)13-29/h5-6,10-12,17H,3-4,7-9,13H2,1-2H3,(H,25,26,31)/t17-/m1/s1. The molecule has 1 atom stereocenters. The van der Waals surface area contributed by atoms with Gasteiger partial charge in [-0.05, 0) is 57.5 Å². The predicted molar refractivity (Wildman–Crippen MR) is 121 cm³/mol. The van der Waals surface area contributed by atoms with Gasteiger partial charge in [0.05, 0.1) is 34.0 Å². The van der Waals surface area contributed by atoms with Gasteiger partial charge < -0.3 is 9.88 Å². The summed E-state index contributed by atoms with van der Waals surface area (Å²) < 4.78 is 1.79. The van der Waals surface area contributed by atoms with Crippen molar-refractivity contribution in [2.45, 2.75) is 32.7 Å². The molecule has 0 spiro atoms. The highest BCUT2D eigenvalue weighted by atomic mass is 16.1. The van der Waals surface area contributed by atoms with Crippen LogP contribution in [0.4, 0.5) is 5.69 Å². The van der Waals surface area contributed by atoms with Crippen molar-refractivity contribution in [2.75, 3.05) is 31.1 Å². The van der Waals surface area contributed by atoms with Crippen LogP contribution in [0.5, 0.6) is 0 Å². The van der Waals surface area contributed by atoms with Crippen molar-refractivity contribution in [1.29, 1.82) is 0 Å². The highest BCUT2D eigenvalue weighted by molar-refractivity contribution is 5.83. The number of anilines is 1. The molecule has 0 saturated carbocycles. The van der Waals surface area contributed by atoms with Crippen molar-refractivity contribution in [3.63, 3.8) is 0 Å². The summed E-state index contributed by atoms with van der Waals surface area (Å²) in [6.45, 7) is 8.24. The third kappa shape index (κ3) is 3.09. The summed E-state index contributed by atoms with van der Waals surface area (Å²) in [7, 11) is 0. The molecule has 2 saturated heterocycles. The maximum atomic E-state index is 13.0. The van der Waals surface area contributed by atoms with Crippen LogP contribution in [0.25, 0.3) is 27.9 Å². The largest absolute Gasteiger partial charge is 0.369 e. The molecular formula is C23H25N7O. The lowest BCUT2D eigenvalue weighted by molar-refractivity contribution is 0.231. The zero-order valence-electron chi connectivity index (χ0n) is 17.8. The highest BCUT2D eigenvalue weighted by Gasteiger charge is 2.30. The molecule has 2 fully saturated rings. The Bertz CT molecular complexity index is 1370. The number of hydrogen-bond acceptors (Lipinski definition) is 6. The first-order valence-corrected chi connectivity index (χ1v) is 10.9. The van der Waals surface area contributed by atoms with Gasteiger partial charge in [-0.2, -0.15) is 5.10 Å². The van der Waals surface area contributed by atoms with E-state index in [-0.39, 0.29) is 5.56 Å². The van der Waals surface area contributed by atoms with Gasteiger partial charge in [0.25, 0.3) is 5.56 Å². The number of nitrogens with one attached hydrogen (secondary N) is 1. The number of piperazine rings is 1. The molecule has 4 aromatic rings. The first-order valence-electron chi connectivity index (χ1n) is 10.9. The second kappa shape index (κ2) is 6.88. The van der Waals surface area contributed by atoms with Crippen LogP contribution in [-0.2, 0) is 0 Å². The quantitative estimate of drug-likeness (QED) is 0.542. The predicted octanol–water partition coefficient (Wildman–Crippen LogP) is 2.53. The van der Waals surface area contributed by atoms with Crippen molar-refractivity contribution in [3.05, 3.63) is 52.2 Å². The first-order chi connectivity index (χ1) is 15.0. The Morgan fingerprint density at radius 2 is 2.00 bits per heavy atom. The number of aromatic nitrogens is 5. The minimum atomic E-state index is -0.135. The minimum Gasteiger partial charge on any atom is -0.369 e. The lowest BCUT2D eigenvalue weighted by Gasteiger charge is -2.38. The Kier molecular flexibility index (Phi) is 4.11. The van der Waals surface area contributed by atoms with Crippen molar-refractivity contribution in [1.82, 2.24) is 29.5 Å². The van der Waals surface area contributed by atoms with Gasteiger partial charge in [-0.25, -0.2) is 9.50 Å². The van der Waals surface area contributed by atoms with Gasteiger partial charge in [-0.1, -0.05) is 0 Å². The van der Waals surface area contributed by atoms with Crippen LogP contribution in [0.2, 0.25) is 0 Å². The fourth-order valence-corrected chi connectivity index (χ4v) is 5.08. The molecule has 3 aromatic heterocycles. The first kappa shape index (κ1) is 18.5. The number of aryl methyl sites for hydroxylation is 2. The number of nitrogens with zero attached hydrogens (tertiary/aromatic N) is 6. The number of rotatable bonds is 2. The number of fused-ring (bicyclic) bond motifs is 3. The van der Waals surface area contributed by atoms with Crippen molar-refractivity contribution in [3.8, 4) is 11.5 Å². The molecule has 0 bridgehead atoms. The Labute approximate surface area is 179 Å². The smallest absolute Gasteiger partial charge is 0.259 e. The molecule has 1 aromatic carbocycles. The van der Waals surface area contributed by atoms with Gasteiger partial charge in [-0.15, -0.1) is 0 Å². The Morgan fingerprint density at radius 1 is 1.10 bits per heavy atom. The number of H-pyrrole nitrogens is 1. The Morgan fingerprint density at radius 3 is 2.90 bits per heavy atom. The normalized spacial score (nSPS) is 19.4. The molecule has 0 aliphatic carbocycles. The van der Waals surface area contributed by atoms with Crippen LogP contribution >= 0.6 is 0 Å². The molecule has 0 radical (unpaired) electrons. The monoisotopic (exact) mass is 415 g/mol. The Hall–Kier alpha value is -3.26. The SMILES string of the molecule is Cc1cn2nc(-c3nc4ccc(N5CCN6CCC[C@@H]6C5)cc4c(=O)[nH]3)cc2c(C)n1. The molecule has 0 amide bonds. The molecule has 2 aliphatic heterocycles. The highest BCUT2D eigenvalue weighted by Crippen LogP contribution is 2.27. The van der Waals surface area contributed by atoms with Crippen LogP contribution in [0, 0.1) is 13.8 Å². The summed E-state index contributed by atoms with van der Waals surface area (Å²) in [5.74, 6) is 0.477. The van der Waals surface area contributed by atoms with Gasteiger partial charge >= 0.3 is 0 Å². The van der Waals surface area contributed by atoms with E-state index in [0.29, 0.717) is 28.5 Å². The average molecular weight is 416 g/mol. The zero-order chi connectivity index (χ0) is 21.1. The van der Waals surface area contributed by atoms with Crippen LogP contribution in [0.1, 0.15) is 24.2 Å². The molecule has 2 aliphatic rings. The van der Waals surface area contributed by atoms with E-state index >= 15 is 0 Å². The van der Waals surface area contributed by atoms with Gasteiger partial charge in [0.2, 0.25) is 0 Å². The van der Waals surface area contributed by atoms with E-state index in [1.54, 1.807) is 4.52 Å². The molecule has 8 heteroatoms. The van der Waals surface area contributed by atoms with Crippen LogP contribution < -0.4 is 10.5 Å². The van der Waals surface area contributed by atoms with E-state index in [1.165, 1.54) is 19.4 Å². The van der Waals surface area contributed by atoms with Crippen molar-refractivity contribution in [2.24, 2.45) is 0 Å². The van der Waals surface area contributed by atoms with E-state index in [4.69, 9.17) is 4.98 Å². The number of benzene rings is 1.